The van der Waals surface area contributed by atoms with E-state index in [1.165, 1.54) is 24.3 Å². The molecule has 0 aromatic heterocycles. The van der Waals surface area contributed by atoms with Gasteiger partial charge in [-0.15, -0.1) is 0 Å². The van der Waals surface area contributed by atoms with Crippen molar-refractivity contribution < 1.29 is 40.2 Å². The number of aromatic hydroxyl groups is 4. The Morgan fingerprint density at radius 3 is 1.31 bits per heavy atom. The monoisotopic (exact) mass is 498 g/mol. The molecule has 0 aliphatic carbocycles. The molecule has 0 aliphatic rings. The Labute approximate surface area is 210 Å². The molecule has 0 aliphatic heterocycles. The highest BCUT2D eigenvalue weighted by atomic mass is 16.4. The van der Waals surface area contributed by atoms with E-state index < -0.39 is 22.8 Å². The fourth-order valence-corrected chi connectivity index (χ4v) is 3.72. The van der Waals surface area contributed by atoms with Gasteiger partial charge in [-0.05, 0) is 102 Å². The second-order valence-electron chi connectivity index (χ2n) is 10.3. The highest BCUT2D eigenvalue weighted by Gasteiger charge is 2.27. The van der Waals surface area contributed by atoms with Gasteiger partial charge >= 0.3 is 11.9 Å². The number of rotatable bonds is 10. The number of hydrogen-bond donors (Lipinski definition) is 6. The van der Waals surface area contributed by atoms with Crippen LogP contribution >= 0.6 is 0 Å². The van der Waals surface area contributed by atoms with Crippen LogP contribution in [0, 0.1) is 22.7 Å². The Bertz CT molecular complexity index is 1110. The van der Waals surface area contributed by atoms with E-state index >= 15 is 0 Å². The second-order valence-corrected chi connectivity index (χ2v) is 10.3. The predicted octanol–water partition coefficient (Wildman–Crippen LogP) is 4.78. The van der Waals surface area contributed by atoms with Crippen molar-refractivity contribution in [2.45, 2.75) is 66.2 Å². The van der Waals surface area contributed by atoms with E-state index in [4.69, 9.17) is 0 Å². The van der Waals surface area contributed by atoms with Crippen LogP contribution in [-0.2, 0) is 22.4 Å². The first-order valence-electron chi connectivity index (χ1n) is 11.7. The fourth-order valence-electron chi connectivity index (χ4n) is 3.72. The van der Waals surface area contributed by atoms with E-state index in [2.05, 4.69) is 11.8 Å². The van der Waals surface area contributed by atoms with Crippen LogP contribution in [-0.4, -0.2) is 42.6 Å². The number of aliphatic carboxylic acids is 2. The van der Waals surface area contributed by atoms with Crippen molar-refractivity contribution in [2.24, 2.45) is 10.8 Å². The van der Waals surface area contributed by atoms with Crippen molar-refractivity contribution in [2.75, 3.05) is 0 Å². The van der Waals surface area contributed by atoms with Crippen molar-refractivity contribution in [1.29, 1.82) is 0 Å². The predicted molar refractivity (Wildman–Crippen MR) is 134 cm³/mol. The van der Waals surface area contributed by atoms with Gasteiger partial charge in [0, 0.05) is 0 Å². The lowest BCUT2D eigenvalue weighted by atomic mass is 9.86. The highest BCUT2D eigenvalue weighted by molar-refractivity contribution is 5.73. The number of aryl methyl sites for hydroxylation is 2. The third-order valence-corrected chi connectivity index (χ3v) is 6.33. The van der Waals surface area contributed by atoms with Crippen LogP contribution in [0.5, 0.6) is 23.0 Å². The molecule has 0 saturated heterocycles. The Balaban J connectivity index is 2.25. The minimum absolute atomic E-state index is 0.119. The van der Waals surface area contributed by atoms with Crippen LogP contribution in [0.1, 0.15) is 75.6 Å². The van der Waals surface area contributed by atoms with Gasteiger partial charge in [0.25, 0.3) is 0 Å². The number of phenolic OH excluding ortho intramolecular Hbond substituents is 4. The largest absolute Gasteiger partial charge is 0.508 e. The van der Waals surface area contributed by atoms with Crippen LogP contribution in [0.25, 0.3) is 0 Å². The number of phenols is 4. The molecule has 0 bridgehead atoms. The first kappa shape index (κ1) is 28.4. The van der Waals surface area contributed by atoms with Gasteiger partial charge in [0.2, 0.25) is 0 Å². The van der Waals surface area contributed by atoms with Gasteiger partial charge in [-0.2, -0.15) is 0 Å². The van der Waals surface area contributed by atoms with Crippen molar-refractivity contribution in [3.8, 4) is 34.8 Å². The summed E-state index contributed by atoms with van der Waals surface area (Å²) in [5.74, 6) is 3.09. The fraction of sp³-hybridized carbons (Fsp3) is 0.429. The van der Waals surface area contributed by atoms with Crippen molar-refractivity contribution in [3.05, 3.63) is 46.5 Å². The summed E-state index contributed by atoms with van der Waals surface area (Å²) in [4.78, 5) is 22.6. The topological polar surface area (TPSA) is 156 Å². The summed E-state index contributed by atoms with van der Waals surface area (Å²) >= 11 is 0. The van der Waals surface area contributed by atoms with Crippen LogP contribution in [0.15, 0.2) is 24.3 Å². The molecule has 194 valence electrons. The molecule has 0 spiro atoms. The number of hydrogen-bond acceptors (Lipinski definition) is 6. The van der Waals surface area contributed by atoms with Gasteiger partial charge in [-0.3, -0.25) is 9.59 Å². The summed E-state index contributed by atoms with van der Waals surface area (Å²) in [6.07, 6.45) is 2.36. The minimum Gasteiger partial charge on any atom is -0.508 e. The molecule has 0 atom stereocenters. The lowest BCUT2D eigenvalue weighted by Crippen LogP contribution is -2.23. The second kappa shape index (κ2) is 11.3. The van der Waals surface area contributed by atoms with Gasteiger partial charge in [-0.1, -0.05) is 11.8 Å². The van der Waals surface area contributed by atoms with E-state index in [1.807, 2.05) is 0 Å². The molecule has 8 heteroatoms. The molecule has 0 fully saturated rings. The SMILES string of the molecule is CC(C)(CCCc1cc(O)cc(C#Cc2cc(O)cc(CCCC(C)(C)C(=O)O)c2O)c1O)C(=O)O. The Hall–Kier alpha value is -3.86. The number of carboxylic acid groups (broad SMARTS) is 2. The van der Waals surface area contributed by atoms with E-state index in [-0.39, 0.29) is 34.1 Å². The summed E-state index contributed by atoms with van der Waals surface area (Å²) in [5.41, 5.74) is -0.749. The molecule has 0 amide bonds. The first-order valence-corrected chi connectivity index (χ1v) is 11.7. The molecule has 0 saturated carbocycles. The van der Waals surface area contributed by atoms with Gasteiger partial charge in [0.05, 0.1) is 22.0 Å². The van der Waals surface area contributed by atoms with Crippen molar-refractivity contribution >= 4 is 11.9 Å². The minimum atomic E-state index is -0.914. The third-order valence-electron chi connectivity index (χ3n) is 6.33. The van der Waals surface area contributed by atoms with E-state index in [0.717, 1.165) is 0 Å². The lowest BCUT2D eigenvalue weighted by Gasteiger charge is -2.19. The lowest BCUT2D eigenvalue weighted by molar-refractivity contribution is -0.148. The van der Waals surface area contributed by atoms with Crippen LogP contribution in [0.3, 0.4) is 0 Å². The molecule has 36 heavy (non-hydrogen) atoms. The quantitative estimate of drug-likeness (QED) is 0.202. The molecule has 2 rings (SSSR count). The van der Waals surface area contributed by atoms with Crippen molar-refractivity contribution in [1.82, 2.24) is 0 Å². The highest BCUT2D eigenvalue weighted by Crippen LogP contribution is 2.33. The van der Waals surface area contributed by atoms with Gasteiger partial charge in [0.15, 0.2) is 0 Å². The number of carboxylic acids is 2. The van der Waals surface area contributed by atoms with E-state index in [0.29, 0.717) is 49.7 Å². The van der Waals surface area contributed by atoms with E-state index in [1.54, 1.807) is 27.7 Å². The number of benzene rings is 2. The molecule has 2 aromatic rings. The Morgan fingerprint density at radius 2 is 1.00 bits per heavy atom. The normalized spacial score (nSPS) is 11.6. The smallest absolute Gasteiger partial charge is 0.309 e. The summed E-state index contributed by atoms with van der Waals surface area (Å²) in [6, 6.07) is 5.36. The molecule has 2 aromatic carbocycles. The average Bonchev–Trinajstić information content (AvgIpc) is 2.76. The maximum atomic E-state index is 11.3. The summed E-state index contributed by atoms with van der Waals surface area (Å²) in [5, 5.41) is 60.0. The van der Waals surface area contributed by atoms with E-state index in [9.17, 15) is 40.2 Å². The first-order chi connectivity index (χ1) is 16.6. The zero-order valence-corrected chi connectivity index (χ0v) is 21.1. The molecule has 0 unspecified atom stereocenters. The van der Waals surface area contributed by atoms with Crippen LogP contribution in [0.4, 0.5) is 0 Å². The average molecular weight is 499 g/mol. The third kappa shape index (κ3) is 7.32. The van der Waals surface area contributed by atoms with Crippen molar-refractivity contribution in [3.63, 3.8) is 0 Å². The standard InChI is InChI=1S/C28H34O8/c1-27(2,25(33)34)11-5-7-17-13-21(29)15-19(23(17)31)9-10-20-16-22(30)14-18(24(20)32)8-6-12-28(3,4)26(35)36/h13-16,29-32H,5-8,11-12H2,1-4H3,(H,33,34)(H,35,36). The Kier molecular flexibility index (Phi) is 8.87. The number of carbonyl (C=O) groups is 2. The zero-order chi connectivity index (χ0) is 27.3. The molecular formula is C28H34O8. The summed E-state index contributed by atoms with van der Waals surface area (Å²) in [6.45, 7) is 6.49. The zero-order valence-electron chi connectivity index (χ0n) is 21.1. The van der Waals surface area contributed by atoms with Gasteiger partial charge < -0.3 is 30.6 Å². The summed E-state index contributed by atoms with van der Waals surface area (Å²) < 4.78 is 0. The Morgan fingerprint density at radius 1 is 0.667 bits per heavy atom. The maximum Gasteiger partial charge on any atom is 0.309 e. The molecule has 6 N–H and O–H groups in total. The van der Waals surface area contributed by atoms with Gasteiger partial charge in [-0.25, -0.2) is 0 Å². The molecule has 0 radical (unpaired) electrons. The summed E-state index contributed by atoms with van der Waals surface area (Å²) in [7, 11) is 0. The van der Waals surface area contributed by atoms with Gasteiger partial charge in [0.1, 0.15) is 23.0 Å². The van der Waals surface area contributed by atoms with Crippen LogP contribution < -0.4 is 0 Å². The molecule has 8 nitrogen and oxygen atoms in total. The molecule has 0 heterocycles. The van der Waals surface area contributed by atoms with Crippen LogP contribution in [0.2, 0.25) is 0 Å². The maximum absolute atomic E-state index is 11.3. The molecular weight excluding hydrogens is 464 g/mol.